The summed E-state index contributed by atoms with van der Waals surface area (Å²) in [7, 11) is 0. The van der Waals surface area contributed by atoms with Crippen LogP contribution in [-0.4, -0.2) is 62.7 Å². The average molecular weight is 647 g/mol. The fourth-order valence-corrected chi connectivity index (χ4v) is 3.67. The van der Waals surface area contributed by atoms with Crippen molar-refractivity contribution >= 4 is 59.1 Å². The van der Waals surface area contributed by atoms with Gasteiger partial charge in [-0.15, -0.1) is 0 Å². The zero-order chi connectivity index (χ0) is 34.8. The third-order valence-electron chi connectivity index (χ3n) is 6.10. The molecule has 47 heavy (non-hydrogen) atoms. The van der Waals surface area contributed by atoms with Gasteiger partial charge >= 0.3 is 11.9 Å². The molecule has 0 radical (unpaired) electrons. The summed E-state index contributed by atoms with van der Waals surface area (Å²) in [6.45, 7) is 0. The SMILES string of the molecule is NC(=O)CCC(NC(=O)C=CC=Cc1ccc(N=[N+]([O-])c2ccc(C=CC=CC(=O)NC(CCC(N)=O)C(=O)O)cc2)cc1)C(=O)O. The van der Waals surface area contributed by atoms with E-state index in [4.69, 9.17) is 21.7 Å². The zero-order valence-electron chi connectivity index (χ0n) is 25.0. The first kappa shape index (κ1) is 36.8. The van der Waals surface area contributed by atoms with Crippen LogP contribution < -0.4 is 22.1 Å². The molecule has 15 heteroatoms. The highest BCUT2D eigenvalue weighted by Gasteiger charge is 2.20. The third kappa shape index (κ3) is 14.8. The van der Waals surface area contributed by atoms with Gasteiger partial charge < -0.3 is 37.5 Å². The number of nitrogens with zero attached hydrogens (tertiary/aromatic N) is 2. The van der Waals surface area contributed by atoms with Gasteiger partial charge in [-0.3, -0.25) is 19.2 Å². The second-order valence-electron chi connectivity index (χ2n) is 9.80. The highest BCUT2D eigenvalue weighted by Crippen LogP contribution is 2.19. The van der Waals surface area contributed by atoms with Crippen LogP contribution in [0.3, 0.4) is 0 Å². The van der Waals surface area contributed by atoms with Gasteiger partial charge in [0.1, 0.15) is 17.8 Å². The van der Waals surface area contributed by atoms with E-state index in [-0.39, 0.29) is 31.4 Å². The van der Waals surface area contributed by atoms with Crippen LogP contribution in [0.2, 0.25) is 0 Å². The third-order valence-corrected chi connectivity index (χ3v) is 6.10. The van der Waals surface area contributed by atoms with Crippen molar-refractivity contribution < 1.29 is 43.8 Å². The van der Waals surface area contributed by atoms with Gasteiger partial charge in [0, 0.05) is 42.2 Å². The molecule has 2 unspecified atom stereocenters. The molecule has 0 saturated carbocycles. The molecule has 0 spiro atoms. The zero-order valence-corrected chi connectivity index (χ0v) is 25.0. The topological polar surface area (TPSA) is 257 Å². The number of carboxylic acid groups (broad SMARTS) is 2. The van der Waals surface area contributed by atoms with E-state index >= 15 is 0 Å². The van der Waals surface area contributed by atoms with E-state index in [1.807, 2.05) is 0 Å². The maximum absolute atomic E-state index is 12.5. The van der Waals surface area contributed by atoms with E-state index in [2.05, 4.69) is 15.7 Å². The number of aliphatic carboxylic acids is 2. The number of primary amides is 2. The first-order valence-electron chi connectivity index (χ1n) is 14.1. The molecule has 4 amide bonds. The van der Waals surface area contributed by atoms with Gasteiger partial charge in [0.2, 0.25) is 29.3 Å². The molecule has 0 saturated heterocycles. The Morgan fingerprint density at radius 3 is 1.49 bits per heavy atom. The van der Waals surface area contributed by atoms with Gasteiger partial charge in [0.25, 0.3) is 0 Å². The Bertz CT molecular complexity index is 1590. The average Bonchev–Trinajstić information content (AvgIpc) is 3.02. The minimum absolute atomic E-state index is 0.120. The maximum Gasteiger partial charge on any atom is 0.326 e. The van der Waals surface area contributed by atoms with Gasteiger partial charge in [0.05, 0.1) is 0 Å². The highest BCUT2D eigenvalue weighted by atomic mass is 16.5. The smallest absolute Gasteiger partial charge is 0.326 e. The minimum atomic E-state index is -1.28. The Hall–Kier alpha value is -6.38. The number of allylic oxidation sites excluding steroid dienone is 4. The van der Waals surface area contributed by atoms with Gasteiger partial charge in [-0.05, 0) is 48.2 Å². The first-order chi connectivity index (χ1) is 22.3. The number of carboxylic acids is 2. The quantitative estimate of drug-likeness (QED) is 0.0456. The van der Waals surface area contributed by atoms with Gasteiger partial charge in [-0.2, -0.15) is 0 Å². The molecule has 2 rings (SSSR count). The summed E-state index contributed by atoms with van der Waals surface area (Å²) >= 11 is 0. The monoisotopic (exact) mass is 646 g/mol. The molecule has 0 heterocycles. The molecule has 15 nitrogen and oxygen atoms in total. The Labute approximate surface area is 269 Å². The fraction of sp³-hybridized carbons (Fsp3) is 0.188. The lowest BCUT2D eigenvalue weighted by Gasteiger charge is -2.11. The highest BCUT2D eigenvalue weighted by molar-refractivity contribution is 5.92. The summed E-state index contributed by atoms with van der Waals surface area (Å²) in [6, 6.07) is 10.6. The van der Waals surface area contributed by atoms with Crippen molar-refractivity contribution in [2.45, 2.75) is 37.8 Å². The largest absolute Gasteiger partial charge is 0.594 e. The van der Waals surface area contributed by atoms with Crippen molar-refractivity contribution in [2.75, 3.05) is 0 Å². The van der Waals surface area contributed by atoms with Crippen LogP contribution in [0.5, 0.6) is 0 Å². The second-order valence-corrected chi connectivity index (χ2v) is 9.80. The molecule has 0 aliphatic carbocycles. The fourth-order valence-electron chi connectivity index (χ4n) is 3.67. The van der Waals surface area contributed by atoms with Crippen molar-refractivity contribution in [2.24, 2.45) is 16.6 Å². The maximum atomic E-state index is 12.5. The second kappa shape index (κ2) is 19.1. The van der Waals surface area contributed by atoms with Crippen LogP contribution in [0, 0.1) is 5.21 Å². The number of hydrogen-bond donors (Lipinski definition) is 6. The molecule has 0 aliphatic rings. The van der Waals surface area contributed by atoms with E-state index in [0.29, 0.717) is 16.1 Å². The Balaban J connectivity index is 1.90. The van der Waals surface area contributed by atoms with Gasteiger partial charge in [0.15, 0.2) is 0 Å². The first-order valence-corrected chi connectivity index (χ1v) is 14.1. The summed E-state index contributed by atoms with van der Waals surface area (Å²) in [6.07, 6.45) is 11.0. The van der Waals surface area contributed by atoms with Crippen LogP contribution in [0.25, 0.3) is 12.2 Å². The molecular weight excluding hydrogens is 612 g/mol. The molecule has 2 atom stereocenters. The summed E-state index contributed by atoms with van der Waals surface area (Å²) in [5.41, 5.74) is 12.1. The van der Waals surface area contributed by atoms with Crippen LogP contribution in [0.1, 0.15) is 36.8 Å². The van der Waals surface area contributed by atoms with Crippen LogP contribution in [0.15, 0.2) is 90.1 Å². The van der Waals surface area contributed by atoms with Gasteiger partial charge in [-0.1, -0.05) is 53.4 Å². The summed E-state index contributed by atoms with van der Waals surface area (Å²) in [4.78, 5) is 68.5. The Morgan fingerprint density at radius 1 is 0.702 bits per heavy atom. The molecule has 0 aromatic heterocycles. The standard InChI is InChI=1S/C32H34N6O9/c33-27(39)19-17-25(31(43)44)35-29(41)7-3-1-5-21-9-13-23(14-10-21)37-38(47)24-15-11-22(12-16-24)6-2-4-8-30(42)36-26(32(45)46)18-20-28(34)40/h1-16,25-26H,17-20H2,(H2,33,39)(H2,34,40)(H,35,41)(H,36,42)(H,43,44)(H,45,46). The van der Waals surface area contributed by atoms with Crippen molar-refractivity contribution in [1.29, 1.82) is 0 Å². The summed E-state index contributed by atoms with van der Waals surface area (Å²) < 4.78 is 0. The van der Waals surface area contributed by atoms with Crippen LogP contribution in [-0.2, 0) is 28.8 Å². The van der Waals surface area contributed by atoms with E-state index < -0.39 is 47.7 Å². The minimum Gasteiger partial charge on any atom is -0.594 e. The number of nitrogens with one attached hydrogen (secondary N) is 2. The molecule has 2 aromatic carbocycles. The number of nitrogens with two attached hydrogens (primary N) is 2. The normalized spacial score (nSPS) is 13.1. The molecule has 2 aromatic rings. The molecule has 8 N–H and O–H groups in total. The Morgan fingerprint density at radius 2 is 1.11 bits per heavy atom. The number of hydrogen-bond acceptors (Lipinski definition) is 8. The lowest BCUT2D eigenvalue weighted by atomic mass is 10.1. The van der Waals surface area contributed by atoms with Crippen molar-refractivity contribution in [3.63, 3.8) is 0 Å². The molecule has 246 valence electrons. The van der Waals surface area contributed by atoms with Crippen molar-refractivity contribution in [3.8, 4) is 0 Å². The predicted octanol–water partition coefficient (Wildman–Crippen LogP) is 2.42. The molecular formula is C32H34N6O9. The van der Waals surface area contributed by atoms with Crippen molar-refractivity contribution in [3.05, 3.63) is 101 Å². The van der Waals surface area contributed by atoms with Crippen LogP contribution in [0.4, 0.5) is 11.4 Å². The summed E-state index contributed by atoms with van der Waals surface area (Å²) in [5, 5.41) is 39.4. The lowest BCUT2D eigenvalue weighted by molar-refractivity contribution is -0.435. The van der Waals surface area contributed by atoms with Gasteiger partial charge in [-0.25, -0.2) is 9.59 Å². The molecule has 0 aliphatic heterocycles. The van der Waals surface area contributed by atoms with Crippen molar-refractivity contribution in [1.82, 2.24) is 10.6 Å². The number of carbonyl (C=O) groups excluding carboxylic acids is 4. The molecule has 0 bridgehead atoms. The number of amides is 4. The number of rotatable bonds is 18. The Kier molecular flexibility index (Phi) is 15.0. The lowest BCUT2D eigenvalue weighted by Crippen LogP contribution is -2.40. The van der Waals surface area contributed by atoms with E-state index in [1.165, 1.54) is 12.2 Å². The van der Waals surface area contributed by atoms with Crippen LogP contribution >= 0.6 is 0 Å². The molecule has 0 fully saturated rings. The van der Waals surface area contributed by atoms with E-state index in [0.717, 1.165) is 17.7 Å². The van der Waals surface area contributed by atoms with E-state index in [9.17, 15) is 34.0 Å². The summed E-state index contributed by atoms with van der Waals surface area (Å²) in [5.74, 6) is -5.20. The number of benzene rings is 2. The number of carbonyl (C=O) groups is 6. The number of azo groups is 1. The van der Waals surface area contributed by atoms with E-state index in [1.54, 1.807) is 72.8 Å². The predicted molar refractivity (Wildman–Crippen MR) is 171 cm³/mol.